The van der Waals surface area contributed by atoms with Crippen molar-refractivity contribution in [3.63, 3.8) is 0 Å². The molecule has 0 aliphatic rings. The Kier molecular flexibility index (Phi) is 12.5. The highest BCUT2D eigenvalue weighted by Crippen LogP contribution is 2.49. The Labute approximate surface area is 163 Å². The van der Waals surface area contributed by atoms with Crippen LogP contribution in [0, 0.1) is 0 Å². The van der Waals surface area contributed by atoms with Gasteiger partial charge in [0.25, 0.3) is 0 Å². The molecule has 0 aromatic rings. The second kappa shape index (κ2) is 13.7. The lowest BCUT2D eigenvalue weighted by molar-refractivity contribution is -0.141. The highest BCUT2D eigenvalue weighted by molar-refractivity contribution is 7.48. The number of phosphoric acid groups is 1. The minimum Gasteiger partial charge on any atom is -0.480 e. The number of alkyl carbamates (subject to hydrolysis) is 1. The van der Waals surface area contributed by atoms with Gasteiger partial charge in [0.05, 0.1) is 19.8 Å². The van der Waals surface area contributed by atoms with Crippen molar-refractivity contribution in [2.24, 2.45) is 0 Å². The molecule has 0 radical (unpaired) electrons. The zero-order chi connectivity index (χ0) is 21.6. The molecule has 0 aliphatic heterocycles. The summed E-state index contributed by atoms with van der Waals surface area (Å²) in [4.78, 5) is 34.9. The molecule has 11 nitrogen and oxygen atoms in total. The van der Waals surface area contributed by atoms with Gasteiger partial charge in [0.15, 0.2) is 0 Å². The van der Waals surface area contributed by atoms with E-state index in [9.17, 15) is 18.9 Å². The monoisotopic (exact) mass is 420 g/mol. The molecular formula is C16H25N2O9P. The maximum absolute atomic E-state index is 12.5. The first kappa shape index (κ1) is 25.5. The molecule has 0 unspecified atom stereocenters. The summed E-state index contributed by atoms with van der Waals surface area (Å²) in [6.45, 7) is 10.3. The van der Waals surface area contributed by atoms with E-state index in [1.165, 1.54) is 25.2 Å². The number of aliphatic carboxylic acids is 1. The highest BCUT2D eigenvalue weighted by Gasteiger charge is 2.31. The largest absolute Gasteiger partial charge is 0.480 e. The third-order valence-electron chi connectivity index (χ3n) is 2.77. The Balaban J connectivity index is 5.20. The summed E-state index contributed by atoms with van der Waals surface area (Å²) in [6, 6.07) is -2.70. The number of carboxylic acid groups (broad SMARTS) is 1. The van der Waals surface area contributed by atoms with Crippen LogP contribution in [0.2, 0.25) is 0 Å². The first-order chi connectivity index (χ1) is 13.2. The van der Waals surface area contributed by atoms with Gasteiger partial charge in [0.2, 0.25) is 5.91 Å². The quantitative estimate of drug-likeness (QED) is 0.264. The lowest BCUT2D eigenvalue weighted by Gasteiger charge is -2.22. The van der Waals surface area contributed by atoms with Gasteiger partial charge in [-0.3, -0.25) is 23.2 Å². The molecule has 0 saturated carbocycles. The molecular weight excluding hydrogens is 395 g/mol. The maximum Gasteiger partial charge on any atom is 0.475 e. The Hall–Kier alpha value is -2.46. The van der Waals surface area contributed by atoms with Crippen LogP contribution in [-0.2, 0) is 32.5 Å². The average Bonchev–Trinajstić information content (AvgIpc) is 2.66. The first-order valence-corrected chi connectivity index (χ1v) is 9.48. The van der Waals surface area contributed by atoms with E-state index in [2.05, 4.69) is 30.4 Å². The van der Waals surface area contributed by atoms with Crippen LogP contribution in [0.25, 0.3) is 0 Å². The fraction of sp³-hybridized carbons (Fsp3) is 0.438. The van der Waals surface area contributed by atoms with Crippen molar-refractivity contribution < 1.29 is 42.4 Å². The fourth-order valence-electron chi connectivity index (χ4n) is 1.44. The van der Waals surface area contributed by atoms with E-state index >= 15 is 0 Å². The van der Waals surface area contributed by atoms with Gasteiger partial charge in [-0.05, 0) is 6.92 Å². The summed E-state index contributed by atoms with van der Waals surface area (Å²) >= 11 is 0. The second-order valence-electron chi connectivity index (χ2n) is 5.06. The van der Waals surface area contributed by atoms with Crippen molar-refractivity contribution in [3.05, 3.63) is 38.0 Å². The van der Waals surface area contributed by atoms with E-state index in [-0.39, 0.29) is 19.8 Å². The van der Waals surface area contributed by atoms with Crippen LogP contribution in [-0.4, -0.2) is 61.6 Å². The lowest BCUT2D eigenvalue weighted by atomic mass is 10.2. The van der Waals surface area contributed by atoms with Crippen LogP contribution in [0.1, 0.15) is 6.92 Å². The SMILES string of the molecule is C=CCOC(=O)N[C@@H](COP(=O)(OCC=C)OCC=C)C(=O)N[C@@H](C)C(=O)O. The van der Waals surface area contributed by atoms with Gasteiger partial charge >= 0.3 is 19.9 Å². The molecule has 0 rings (SSSR count). The summed E-state index contributed by atoms with van der Waals surface area (Å²) in [6.07, 6.45) is 2.91. The van der Waals surface area contributed by atoms with Gasteiger partial charge in [-0.1, -0.05) is 24.8 Å². The van der Waals surface area contributed by atoms with Gasteiger partial charge in [-0.25, -0.2) is 9.36 Å². The highest BCUT2D eigenvalue weighted by atomic mass is 31.2. The summed E-state index contributed by atoms with van der Waals surface area (Å²) in [7, 11) is -4.11. The molecule has 2 amide bonds. The standard InChI is InChI=1S/C16H25N2O9P/c1-5-8-24-16(22)18-13(14(19)17-12(4)15(20)21)11-27-28(23,25-9-6-2)26-10-7-3/h5-7,12-13H,1-3,8-11H2,4H3,(H,17,19)(H,18,22)(H,20,21)/t12-,13-/m0/s1. The Bertz CT molecular complexity index is 607. The Morgan fingerprint density at radius 3 is 2.00 bits per heavy atom. The number of carboxylic acids is 1. The third-order valence-corrected chi connectivity index (χ3v) is 4.17. The van der Waals surface area contributed by atoms with Crippen molar-refractivity contribution in [1.29, 1.82) is 0 Å². The lowest BCUT2D eigenvalue weighted by Crippen LogP contribution is -2.52. The van der Waals surface area contributed by atoms with Gasteiger partial charge in [-0.15, -0.1) is 13.2 Å². The van der Waals surface area contributed by atoms with Crippen molar-refractivity contribution in [2.75, 3.05) is 26.4 Å². The van der Waals surface area contributed by atoms with Gasteiger partial charge in [0.1, 0.15) is 18.7 Å². The second-order valence-corrected chi connectivity index (χ2v) is 6.73. The van der Waals surface area contributed by atoms with Crippen LogP contribution in [0.5, 0.6) is 0 Å². The van der Waals surface area contributed by atoms with Crippen LogP contribution in [0.15, 0.2) is 38.0 Å². The molecule has 0 saturated heterocycles. The number of amides is 2. The fourth-order valence-corrected chi connectivity index (χ4v) is 2.57. The van der Waals surface area contributed by atoms with Crippen molar-refractivity contribution in [3.8, 4) is 0 Å². The number of rotatable bonds is 15. The van der Waals surface area contributed by atoms with E-state index in [1.54, 1.807) is 0 Å². The normalized spacial score (nSPS) is 12.9. The van der Waals surface area contributed by atoms with Gasteiger partial charge in [-0.2, -0.15) is 0 Å². The molecule has 0 heterocycles. The average molecular weight is 420 g/mol. The van der Waals surface area contributed by atoms with E-state index in [0.29, 0.717) is 0 Å². The summed E-state index contributed by atoms with van der Waals surface area (Å²) in [5, 5.41) is 13.2. The number of hydrogen-bond donors (Lipinski definition) is 3. The van der Waals surface area contributed by atoms with Crippen LogP contribution in [0.3, 0.4) is 0 Å². The number of hydrogen-bond acceptors (Lipinski definition) is 8. The predicted molar refractivity (Wildman–Crippen MR) is 99.6 cm³/mol. The molecule has 0 aromatic heterocycles. The summed E-state index contributed by atoms with van der Waals surface area (Å²) in [5.74, 6) is -2.21. The smallest absolute Gasteiger partial charge is 0.475 e. The number of carbonyl (C=O) groups excluding carboxylic acids is 2. The summed E-state index contributed by atoms with van der Waals surface area (Å²) < 4.78 is 32.2. The minimum absolute atomic E-state index is 0.129. The maximum atomic E-state index is 12.5. The zero-order valence-corrected chi connectivity index (χ0v) is 16.4. The predicted octanol–water partition coefficient (Wildman–Crippen LogP) is 1.39. The Morgan fingerprint density at radius 1 is 1.00 bits per heavy atom. The van der Waals surface area contributed by atoms with Crippen LogP contribution in [0.4, 0.5) is 4.79 Å². The third kappa shape index (κ3) is 10.6. The molecule has 0 fully saturated rings. The van der Waals surface area contributed by atoms with Crippen molar-refractivity contribution in [2.45, 2.75) is 19.0 Å². The van der Waals surface area contributed by atoms with Gasteiger partial charge < -0.3 is 20.5 Å². The van der Waals surface area contributed by atoms with E-state index in [0.717, 1.165) is 0 Å². The molecule has 0 spiro atoms. The number of nitrogens with one attached hydrogen (secondary N) is 2. The van der Waals surface area contributed by atoms with Crippen molar-refractivity contribution in [1.82, 2.24) is 10.6 Å². The molecule has 12 heteroatoms. The molecule has 0 aliphatic carbocycles. The first-order valence-electron chi connectivity index (χ1n) is 8.01. The van der Waals surface area contributed by atoms with E-state index < -0.39 is 44.5 Å². The molecule has 28 heavy (non-hydrogen) atoms. The van der Waals surface area contributed by atoms with Crippen LogP contribution < -0.4 is 10.6 Å². The van der Waals surface area contributed by atoms with Crippen molar-refractivity contribution >= 4 is 25.8 Å². The summed E-state index contributed by atoms with van der Waals surface area (Å²) in [5.41, 5.74) is 0. The number of phosphoric ester groups is 1. The topological polar surface area (TPSA) is 149 Å². The molecule has 158 valence electrons. The zero-order valence-electron chi connectivity index (χ0n) is 15.5. The van der Waals surface area contributed by atoms with E-state index in [1.807, 2.05) is 0 Å². The molecule has 0 aromatic carbocycles. The van der Waals surface area contributed by atoms with Gasteiger partial charge in [0, 0.05) is 0 Å². The van der Waals surface area contributed by atoms with E-state index in [4.69, 9.17) is 23.4 Å². The molecule has 0 bridgehead atoms. The number of ether oxygens (including phenoxy) is 1. The Morgan fingerprint density at radius 2 is 1.54 bits per heavy atom. The minimum atomic E-state index is -4.11. The molecule has 3 N–H and O–H groups in total. The number of carbonyl (C=O) groups is 3. The van der Waals surface area contributed by atoms with Crippen LogP contribution >= 0.6 is 7.82 Å². The molecule has 2 atom stereocenters.